The molecule has 1 aliphatic carbocycles. The number of hydrogen-bond donors (Lipinski definition) is 0. The van der Waals surface area contributed by atoms with Gasteiger partial charge in [-0.2, -0.15) is 5.10 Å². The van der Waals surface area contributed by atoms with Gasteiger partial charge in [-0.3, -0.25) is 14.9 Å². The molecular formula is C27H28N4O7. The van der Waals surface area contributed by atoms with Crippen LogP contribution in [0.15, 0.2) is 70.3 Å². The predicted molar refractivity (Wildman–Crippen MR) is 139 cm³/mol. The summed E-state index contributed by atoms with van der Waals surface area (Å²) in [5.41, 5.74) is 0.136. The molecule has 0 radical (unpaired) electrons. The molecule has 0 spiro atoms. The smallest absolute Gasteiger partial charge is 0.346 e. The molecule has 1 amide bonds. The first kappa shape index (κ1) is 27.9. The molecule has 0 aliphatic heterocycles. The number of benzene rings is 2. The first-order valence-corrected chi connectivity index (χ1v) is 12.0. The van der Waals surface area contributed by atoms with E-state index in [-0.39, 0.29) is 22.9 Å². The molecule has 0 saturated heterocycles. The normalized spacial score (nSPS) is 14.2. The fourth-order valence-electron chi connectivity index (χ4n) is 3.91. The third-order valence-corrected chi connectivity index (χ3v) is 5.95. The number of carbonyl (C=O) groups is 3. The standard InChI is InChI=1S/C27H28N4O7/c1-37-26(33)23(18-28-21-11-7-4-8-12-21)24(27(34)38-2)30(25(32)20-9-5-3-6-10-20)29-17-19-13-15-22(16-14-19)31(35)36/h3,5-6,9-10,13-17,21,24H,4,7-8,11-12H2,1-2H3/b29-17+. The highest BCUT2D eigenvalue weighted by molar-refractivity contribution is 6.08. The first-order valence-electron chi connectivity index (χ1n) is 12.0. The van der Waals surface area contributed by atoms with Gasteiger partial charge in [0.05, 0.1) is 31.4 Å². The van der Waals surface area contributed by atoms with Gasteiger partial charge in [0, 0.05) is 17.7 Å². The van der Waals surface area contributed by atoms with E-state index in [1.807, 2.05) is 0 Å². The van der Waals surface area contributed by atoms with Gasteiger partial charge < -0.3 is 9.47 Å². The minimum absolute atomic E-state index is 0.0800. The van der Waals surface area contributed by atoms with Gasteiger partial charge in [-0.1, -0.05) is 37.5 Å². The number of nitro groups is 1. The summed E-state index contributed by atoms with van der Waals surface area (Å²) in [5.74, 6) is 0.0990. The Morgan fingerprint density at radius 1 is 1.03 bits per heavy atom. The van der Waals surface area contributed by atoms with E-state index in [4.69, 9.17) is 9.47 Å². The number of nitro benzene ring substituents is 1. The van der Waals surface area contributed by atoms with E-state index in [1.54, 1.807) is 18.2 Å². The molecule has 2 aromatic carbocycles. The van der Waals surface area contributed by atoms with Crippen molar-refractivity contribution in [2.24, 2.45) is 10.1 Å². The van der Waals surface area contributed by atoms with Crippen LogP contribution in [0.5, 0.6) is 0 Å². The van der Waals surface area contributed by atoms with E-state index in [0.29, 0.717) is 5.56 Å². The van der Waals surface area contributed by atoms with Crippen LogP contribution in [0.4, 0.5) is 5.69 Å². The maximum atomic E-state index is 13.6. The molecule has 1 unspecified atom stereocenters. The summed E-state index contributed by atoms with van der Waals surface area (Å²) < 4.78 is 9.85. The highest BCUT2D eigenvalue weighted by Gasteiger charge is 2.39. The van der Waals surface area contributed by atoms with Crippen LogP contribution < -0.4 is 0 Å². The Balaban J connectivity index is 2.12. The number of carbonyl (C=O) groups excluding carboxylic acids is 3. The van der Waals surface area contributed by atoms with Gasteiger partial charge >= 0.3 is 11.9 Å². The monoisotopic (exact) mass is 520 g/mol. The zero-order chi connectivity index (χ0) is 27.5. The number of non-ortho nitro benzene ring substituents is 1. The van der Waals surface area contributed by atoms with Crippen LogP contribution in [-0.4, -0.2) is 66.2 Å². The fourth-order valence-corrected chi connectivity index (χ4v) is 3.91. The minimum Gasteiger partial charge on any atom is -0.467 e. The van der Waals surface area contributed by atoms with Gasteiger partial charge in [-0.15, -0.1) is 0 Å². The lowest BCUT2D eigenvalue weighted by atomic mass is 9.96. The van der Waals surface area contributed by atoms with Crippen molar-refractivity contribution >= 4 is 35.6 Å². The molecule has 198 valence electrons. The van der Waals surface area contributed by atoms with Crippen LogP contribution in [0.25, 0.3) is 0 Å². The number of ether oxygens (including phenoxy) is 2. The van der Waals surface area contributed by atoms with Crippen molar-refractivity contribution in [3.8, 4) is 0 Å². The Bertz CT molecular complexity index is 1250. The highest BCUT2D eigenvalue weighted by Crippen LogP contribution is 2.21. The summed E-state index contributed by atoms with van der Waals surface area (Å²) in [4.78, 5) is 54.3. The second-order valence-corrected chi connectivity index (χ2v) is 8.47. The summed E-state index contributed by atoms with van der Waals surface area (Å²) in [6.07, 6.45) is 5.95. The predicted octanol–water partition coefficient (Wildman–Crippen LogP) is 3.71. The van der Waals surface area contributed by atoms with Crippen molar-refractivity contribution in [2.45, 2.75) is 44.2 Å². The van der Waals surface area contributed by atoms with Gasteiger partial charge in [-0.25, -0.2) is 19.6 Å². The Morgan fingerprint density at radius 3 is 2.26 bits per heavy atom. The van der Waals surface area contributed by atoms with Crippen molar-refractivity contribution in [3.05, 3.63) is 81.4 Å². The Morgan fingerprint density at radius 2 is 1.68 bits per heavy atom. The highest BCUT2D eigenvalue weighted by atomic mass is 16.6. The second-order valence-electron chi connectivity index (χ2n) is 8.47. The Kier molecular flexibility index (Phi) is 10.0. The van der Waals surface area contributed by atoms with Crippen molar-refractivity contribution < 1.29 is 28.8 Å². The number of rotatable bonds is 9. The van der Waals surface area contributed by atoms with Crippen LogP contribution in [-0.2, 0) is 19.1 Å². The van der Waals surface area contributed by atoms with Gasteiger partial charge in [0.2, 0.25) is 0 Å². The van der Waals surface area contributed by atoms with Crippen molar-refractivity contribution in [2.75, 3.05) is 14.2 Å². The van der Waals surface area contributed by atoms with Gasteiger partial charge in [0.25, 0.3) is 11.6 Å². The maximum Gasteiger partial charge on any atom is 0.346 e. The SMILES string of the molecule is COC(=O)C(=C=NC1CCCCC1)C(C(=O)OC)N(/N=C/c1ccc([N+](=O)[O-])cc1)C(=O)c1ccccc1. The van der Waals surface area contributed by atoms with Crippen molar-refractivity contribution in [1.82, 2.24) is 5.01 Å². The summed E-state index contributed by atoms with van der Waals surface area (Å²) in [5, 5.41) is 16.0. The zero-order valence-corrected chi connectivity index (χ0v) is 21.1. The molecule has 0 N–H and O–H groups in total. The van der Waals surface area contributed by atoms with Crippen LogP contribution in [0.1, 0.15) is 48.0 Å². The third-order valence-electron chi connectivity index (χ3n) is 5.95. The molecule has 1 saturated carbocycles. The second kappa shape index (κ2) is 13.6. The summed E-state index contributed by atoms with van der Waals surface area (Å²) in [7, 11) is 2.26. The lowest BCUT2D eigenvalue weighted by Gasteiger charge is -2.25. The summed E-state index contributed by atoms with van der Waals surface area (Å²) in [6, 6.07) is 11.7. The van der Waals surface area contributed by atoms with Crippen LogP contribution in [0.3, 0.4) is 0 Å². The topological polar surface area (TPSA) is 141 Å². The molecule has 0 bridgehead atoms. The van der Waals surface area contributed by atoms with Crippen molar-refractivity contribution in [1.29, 1.82) is 0 Å². The number of hydrogen-bond acceptors (Lipinski definition) is 9. The van der Waals surface area contributed by atoms with Crippen LogP contribution >= 0.6 is 0 Å². The van der Waals surface area contributed by atoms with E-state index >= 15 is 0 Å². The summed E-state index contributed by atoms with van der Waals surface area (Å²) >= 11 is 0. The molecule has 0 heterocycles. The number of esters is 2. The maximum absolute atomic E-state index is 13.6. The molecule has 3 rings (SSSR count). The molecule has 1 aliphatic rings. The van der Waals surface area contributed by atoms with E-state index in [1.165, 1.54) is 42.6 Å². The quantitative estimate of drug-likeness (QED) is 0.161. The number of hydrazone groups is 1. The van der Waals surface area contributed by atoms with E-state index in [9.17, 15) is 24.5 Å². The van der Waals surface area contributed by atoms with Gasteiger partial charge in [-0.05, 0) is 48.5 Å². The molecule has 11 heteroatoms. The van der Waals surface area contributed by atoms with E-state index in [0.717, 1.165) is 51.3 Å². The minimum atomic E-state index is -1.67. The number of methoxy groups -OCH3 is 2. The molecule has 0 aromatic heterocycles. The number of nitrogens with zero attached hydrogens (tertiary/aromatic N) is 4. The van der Waals surface area contributed by atoms with Gasteiger partial charge in [0.1, 0.15) is 5.57 Å². The molecule has 1 atom stereocenters. The molecule has 2 aromatic rings. The molecule has 38 heavy (non-hydrogen) atoms. The average molecular weight is 521 g/mol. The lowest BCUT2D eigenvalue weighted by Crippen LogP contribution is -2.46. The Labute approximate surface area is 219 Å². The lowest BCUT2D eigenvalue weighted by molar-refractivity contribution is -0.384. The number of aliphatic imine (C=N–C) groups is 1. The largest absolute Gasteiger partial charge is 0.467 e. The van der Waals surface area contributed by atoms with Gasteiger partial charge in [0.15, 0.2) is 6.04 Å². The zero-order valence-electron chi connectivity index (χ0n) is 21.1. The molecular weight excluding hydrogens is 492 g/mol. The average Bonchev–Trinajstić information content (AvgIpc) is 2.96. The number of amides is 1. The fraction of sp³-hybridized carbons (Fsp3) is 0.333. The third kappa shape index (κ3) is 7.21. The first-order chi connectivity index (χ1) is 18.3. The molecule has 1 fully saturated rings. The van der Waals surface area contributed by atoms with E-state index < -0.39 is 28.8 Å². The Hall–Kier alpha value is -4.63. The van der Waals surface area contributed by atoms with Crippen molar-refractivity contribution in [3.63, 3.8) is 0 Å². The van der Waals surface area contributed by atoms with E-state index in [2.05, 4.69) is 16.0 Å². The van der Waals surface area contributed by atoms with Crippen LogP contribution in [0.2, 0.25) is 0 Å². The molecule has 11 nitrogen and oxygen atoms in total. The van der Waals surface area contributed by atoms with Crippen LogP contribution in [0, 0.1) is 10.1 Å². The summed E-state index contributed by atoms with van der Waals surface area (Å²) in [6.45, 7) is 0.